The first-order valence-corrected chi connectivity index (χ1v) is 3.65. The fraction of sp³-hybridized carbons (Fsp3) is 0. The molecule has 2 aromatic heterocycles. The number of hydrogen-bond donors (Lipinski definition) is 2. The Morgan fingerprint density at radius 2 is 2.38 bits per heavy atom. The zero-order valence-electron chi connectivity index (χ0n) is 6.61. The number of nitrogens with one attached hydrogen (secondary N) is 1. The lowest BCUT2D eigenvalue weighted by Gasteiger charge is -1.89. The SMILES string of the molecule is [B]c1c(C(=O)O)[nH]c2ncccc12. The summed E-state index contributed by atoms with van der Waals surface area (Å²) >= 11 is 0. The van der Waals surface area contributed by atoms with Crippen LogP contribution in [-0.2, 0) is 0 Å². The number of rotatable bonds is 1. The van der Waals surface area contributed by atoms with Gasteiger partial charge in [-0.1, -0.05) is 11.5 Å². The van der Waals surface area contributed by atoms with Gasteiger partial charge < -0.3 is 10.1 Å². The van der Waals surface area contributed by atoms with E-state index in [0.717, 1.165) is 0 Å². The first kappa shape index (κ1) is 7.85. The number of H-pyrrole nitrogens is 1. The summed E-state index contributed by atoms with van der Waals surface area (Å²) in [6.45, 7) is 0. The molecule has 0 atom stereocenters. The molecule has 0 aromatic carbocycles. The van der Waals surface area contributed by atoms with Crippen molar-refractivity contribution >= 4 is 30.3 Å². The monoisotopic (exact) mass is 172 g/mol. The molecule has 0 spiro atoms. The first-order chi connectivity index (χ1) is 6.20. The number of carbonyl (C=O) groups is 1. The Hall–Kier alpha value is -1.78. The van der Waals surface area contributed by atoms with E-state index in [1.54, 1.807) is 18.3 Å². The molecule has 0 saturated carbocycles. The molecule has 2 N–H and O–H groups in total. The Morgan fingerprint density at radius 3 is 3.00 bits per heavy atom. The van der Waals surface area contributed by atoms with Gasteiger partial charge in [-0.3, -0.25) is 0 Å². The predicted octanol–water partition coefficient (Wildman–Crippen LogP) is 0.0549. The molecule has 13 heavy (non-hydrogen) atoms. The quantitative estimate of drug-likeness (QED) is 0.597. The fourth-order valence-corrected chi connectivity index (χ4v) is 1.21. The van der Waals surface area contributed by atoms with Crippen LogP contribution in [0.3, 0.4) is 0 Å². The standard InChI is InChI=1S/C8H5BN2O2/c9-5-4-2-1-3-10-7(4)11-6(5)8(12)13/h1-3H,(H,10,11)(H,12,13). The van der Waals surface area contributed by atoms with Gasteiger partial charge in [0, 0.05) is 11.6 Å². The molecule has 0 saturated heterocycles. The van der Waals surface area contributed by atoms with Crippen molar-refractivity contribution in [2.45, 2.75) is 0 Å². The van der Waals surface area contributed by atoms with Gasteiger partial charge in [-0.15, -0.1) is 0 Å². The van der Waals surface area contributed by atoms with Crippen molar-refractivity contribution in [2.75, 3.05) is 0 Å². The van der Waals surface area contributed by atoms with Crippen LogP contribution in [0.5, 0.6) is 0 Å². The highest BCUT2D eigenvalue weighted by molar-refractivity contribution is 6.42. The van der Waals surface area contributed by atoms with E-state index in [9.17, 15) is 4.79 Å². The van der Waals surface area contributed by atoms with Gasteiger partial charge in [0.1, 0.15) is 19.2 Å². The Kier molecular flexibility index (Phi) is 1.58. The number of aromatic nitrogens is 2. The van der Waals surface area contributed by atoms with Crippen LogP contribution in [0.15, 0.2) is 18.3 Å². The van der Waals surface area contributed by atoms with Gasteiger partial charge in [0.05, 0.1) is 0 Å². The van der Waals surface area contributed by atoms with Crippen LogP contribution >= 0.6 is 0 Å². The van der Waals surface area contributed by atoms with Crippen molar-refractivity contribution in [3.63, 3.8) is 0 Å². The Balaban J connectivity index is 2.81. The summed E-state index contributed by atoms with van der Waals surface area (Å²) in [5.74, 6) is -1.07. The van der Waals surface area contributed by atoms with Crippen molar-refractivity contribution < 1.29 is 9.90 Å². The summed E-state index contributed by atoms with van der Waals surface area (Å²) in [5, 5.41) is 9.37. The molecule has 0 aliphatic heterocycles. The minimum Gasteiger partial charge on any atom is -0.477 e. The second kappa shape index (κ2) is 2.62. The number of carboxylic acid groups (broad SMARTS) is 1. The maximum absolute atomic E-state index is 10.7. The summed E-state index contributed by atoms with van der Waals surface area (Å²) in [6.07, 6.45) is 1.57. The lowest BCUT2D eigenvalue weighted by atomic mass is 9.93. The van der Waals surface area contributed by atoms with Crippen LogP contribution in [0.25, 0.3) is 11.0 Å². The van der Waals surface area contributed by atoms with Crippen molar-refractivity contribution in [1.29, 1.82) is 0 Å². The van der Waals surface area contributed by atoms with Crippen molar-refractivity contribution in [1.82, 2.24) is 9.97 Å². The molecule has 5 heteroatoms. The Labute approximate surface area is 75.0 Å². The smallest absolute Gasteiger partial charge is 0.351 e. The molecule has 4 nitrogen and oxygen atoms in total. The summed E-state index contributed by atoms with van der Waals surface area (Å²) in [7, 11) is 5.59. The summed E-state index contributed by atoms with van der Waals surface area (Å²) in [4.78, 5) is 17.2. The molecule has 0 unspecified atom stereocenters. The molecule has 0 aliphatic carbocycles. The Morgan fingerprint density at radius 1 is 1.62 bits per heavy atom. The number of pyridine rings is 1. The highest BCUT2D eigenvalue weighted by Gasteiger charge is 2.12. The molecular weight excluding hydrogens is 167 g/mol. The van der Waals surface area contributed by atoms with Crippen LogP contribution in [0.1, 0.15) is 10.5 Å². The van der Waals surface area contributed by atoms with E-state index >= 15 is 0 Å². The van der Waals surface area contributed by atoms with Crippen LogP contribution < -0.4 is 5.46 Å². The number of aromatic carboxylic acids is 1. The lowest BCUT2D eigenvalue weighted by Crippen LogP contribution is -2.13. The average molecular weight is 172 g/mol. The topological polar surface area (TPSA) is 66.0 Å². The number of fused-ring (bicyclic) bond motifs is 1. The third-order valence-corrected chi connectivity index (χ3v) is 1.82. The van der Waals surface area contributed by atoms with Gasteiger partial charge >= 0.3 is 5.97 Å². The molecule has 0 fully saturated rings. The molecule has 0 aliphatic rings. The van der Waals surface area contributed by atoms with E-state index in [4.69, 9.17) is 13.0 Å². The maximum Gasteiger partial charge on any atom is 0.351 e. The van der Waals surface area contributed by atoms with Crippen LogP contribution in [0.4, 0.5) is 0 Å². The third kappa shape index (κ3) is 1.09. The molecular formula is C8H5BN2O2. The molecule has 0 amide bonds. The normalized spacial score (nSPS) is 10.5. The number of hydrogen-bond acceptors (Lipinski definition) is 2. The second-order valence-electron chi connectivity index (χ2n) is 2.62. The van der Waals surface area contributed by atoms with Crippen LogP contribution in [0.2, 0.25) is 0 Å². The van der Waals surface area contributed by atoms with E-state index in [-0.39, 0.29) is 11.2 Å². The van der Waals surface area contributed by atoms with E-state index in [0.29, 0.717) is 11.0 Å². The summed E-state index contributed by atoms with van der Waals surface area (Å²) < 4.78 is 0. The number of carboxylic acids is 1. The van der Waals surface area contributed by atoms with Crippen LogP contribution in [0, 0.1) is 0 Å². The molecule has 2 rings (SSSR count). The lowest BCUT2D eigenvalue weighted by molar-refractivity contribution is 0.0693. The Bertz CT molecular complexity index is 478. The molecule has 0 bridgehead atoms. The zero-order valence-corrected chi connectivity index (χ0v) is 6.61. The minimum atomic E-state index is -1.07. The minimum absolute atomic E-state index is 0.00583. The second-order valence-corrected chi connectivity index (χ2v) is 2.62. The van der Waals surface area contributed by atoms with Gasteiger partial charge in [-0.2, -0.15) is 0 Å². The molecule has 2 aromatic rings. The highest BCUT2D eigenvalue weighted by atomic mass is 16.4. The summed E-state index contributed by atoms with van der Waals surface area (Å²) in [5.41, 5.74) is 0.724. The highest BCUT2D eigenvalue weighted by Crippen LogP contribution is 2.08. The van der Waals surface area contributed by atoms with Gasteiger partial charge in [-0.05, 0) is 6.07 Å². The first-order valence-electron chi connectivity index (χ1n) is 3.65. The van der Waals surface area contributed by atoms with Crippen molar-refractivity contribution in [2.24, 2.45) is 0 Å². The van der Waals surface area contributed by atoms with Gasteiger partial charge in [0.15, 0.2) is 0 Å². The average Bonchev–Trinajstić information content (AvgIpc) is 2.45. The van der Waals surface area contributed by atoms with Gasteiger partial charge in [0.2, 0.25) is 0 Å². The van der Waals surface area contributed by atoms with Crippen molar-refractivity contribution in [3.8, 4) is 0 Å². The largest absolute Gasteiger partial charge is 0.477 e. The zero-order chi connectivity index (χ0) is 9.42. The van der Waals surface area contributed by atoms with Crippen LogP contribution in [-0.4, -0.2) is 28.9 Å². The van der Waals surface area contributed by atoms with Gasteiger partial charge in [-0.25, -0.2) is 9.78 Å². The van der Waals surface area contributed by atoms with E-state index in [1.165, 1.54) is 0 Å². The molecule has 2 radical (unpaired) electrons. The molecule has 2 heterocycles. The third-order valence-electron chi connectivity index (χ3n) is 1.82. The van der Waals surface area contributed by atoms with E-state index in [2.05, 4.69) is 9.97 Å². The predicted molar refractivity (Wildman–Crippen MR) is 48.4 cm³/mol. The van der Waals surface area contributed by atoms with E-state index < -0.39 is 5.97 Å². The maximum atomic E-state index is 10.7. The number of aromatic amines is 1. The van der Waals surface area contributed by atoms with E-state index in [1.807, 2.05) is 0 Å². The fourth-order valence-electron chi connectivity index (χ4n) is 1.21. The summed E-state index contributed by atoms with van der Waals surface area (Å²) in [6, 6.07) is 3.43. The van der Waals surface area contributed by atoms with Crippen molar-refractivity contribution in [3.05, 3.63) is 24.0 Å². The number of nitrogens with zero attached hydrogens (tertiary/aromatic N) is 1. The van der Waals surface area contributed by atoms with Gasteiger partial charge in [0.25, 0.3) is 0 Å². The molecule has 62 valence electrons.